The number of nitrogens with zero attached hydrogens (tertiary/aromatic N) is 2. The van der Waals surface area contributed by atoms with Crippen LogP contribution in [0.4, 0.5) is 17.3 Å². The Hall–Kier alpha value is -2.67. The van der Waals surface area contributed by atoms with E-state index in [1.54, 1.807) is 31.5 Å². The fraction of sp³-hybridized carbons (Fsp3) is 0.214. The zero-order valence-corrected chi connectivity index (χ0v) is 11.8. The van der Waals surface area contributed by atoms with Crippen molar-refractivity contribution in [3.05, 3.63) is 36.5 Å². The first-order valence-corrected chi connectivity index (χ1v) is 6.24. The van der Waals surface area contributed by atoms with E-state index in [1.807, 2.05) is 12.1 Å². The molecule has 0 unspecified atom stereocenters. The molecule has 0 aliphatic heterocycles. The van der Waals surface area contributed by atoms with Gasteiger partial charge in [0.25, 0.3) is 0 Å². The van der Waals surface area contributed by atoms with Gasteiger partial charge < -0.3 is 20.1 Å². The Morgan fingerprint density at radius 2 is 1.86 bits per heavy atom. The zero-order valence-electron chi connectivity index (χ0n) is 11.8. The summed E-state index contributed by atoms with van der Waals surface area (Å²) in [6, 6.07) is 8.84. The number of benzene rings is 1. The van der Waals surface area contributed by atoms with Crippen molar-refractivity contribution in [3.63, 3.8) is 0 Å². The summed E-state index contributed by atoms with van der Waals surface area (Å²) in [4.78, 5) is 19.6. The molecule has 110 valence electrons. The van der Waals surface area contributed by atoms with Crippen molar-refractivity contribution < 1.29 is 14.3 Å². The van der Waals surface area contributed by atoms with Gasteiger partial charge in [-0.3, -0.25) is 4.79 Å². The van der Waals surface area contributed by atoms with Crippen molar-refractivity contribution in [2.75, 3.05) is 31.5 Å². The van der Waals surface area contributed by atoms with Crippen LogP contribution in [0.2, 0.25) is 0 Å². The largest absolute Gasteiger partial charge is 0.481 e. The third-order valence-electron chi connectivity index (χ3n) is 2.54. The van der Waals surface area contributed by atoms with Gasteiger partial charge >= 0.3 is 0 Å². The molecule has 1 amide bonds. The van der Waals surface area contributed by atoms with Gasteiger partial charge in [-0.2, -0.15) is 4.98 Å². The normalized spacial score (nSPS) is 10.0. The first-order valence-electron chi connectivity index (χ1n) is 6.24. The maximum Gasteiger partial charge on any atom is 0.250 e. The SMILES string of the molecule is COCC(=O)Nc1ccc(Nc2nccc(OC)n2)cc1. The quantitative estimate of drug-likeness (QED) is 0.843. The predicted molar refractivity (Wildman–Crippen MR) is 78.8 cm³/mol. The second kappa shape index (κ2) is 7.20. The van der Waals surface area contributed by atoms with Crippen LogP contribution in [0.1, 0.15) is 0 Å². The van der Waals surface area contributed by atoms with Crippen molar-refractivity contribution >= 4 is 23.2 Å². The second-order valence-corrected chi connectivity index (χ2v) is 4.11. The number of aromatic nitrogens is 2. The van der Waals surface area contributed by atoms with Gasteiger partial charge in [-0.05, 0) is 24.3 Å². The molecule has 0 saturated carbocycles. The number of amides is 1. The molecule has 0 aliphatic rings. The number of anilines is 3. The van der Waals surface area contributed by atoms with Crippen molar-refractivity contribution in [2.45, 2.75) is 0 Å². The van der Waals surface area contributed by atoms with E-state index in [4.69, 9.17) is 9.47 Å². The number of rotatable bonds is 6. The van der Waals surface area contributed by atoms with E-state index in [1.165, 1.54) is 7.11 Å². The Balaban J connectivity index is 2.00. The molecule has 0 spiro atoms. The number of methoxy groups -OCH3 is 2. The minimum absolute atomic E-state index is 0.0254. The number of ether oxygens (including phenoxy) is 2. The highest BCUT2D eigenvalue weighted by Crippen LogP contribution is 2.17. The molecule has 2 rings (SSSR count). The van der Waals surface area contributed by atoms with Gasteiger partial charge in [-0.1, -0.05) is 0 Å². The fourth-order valence-corrected chi connectivity index (χ4v) is 1.61. The molecule has 0 radical (unpaired) electrons. The number of carbonyl (C=O) groups excluding carboxylic acids is 1. The van der Waals surface area contributed by atoms with Gasteiger partial charge in [-0.15, -0.1) is 0 Å². The average Bonchev–Trinajstić information content (AvgIpc) is 2.50. The minimum Gasteiger partial charge on any atom is -0.481 e. The van der Waals surface area contributed by atoms with Crippen molar-refractivity contribution in [2.24, 2.45) is 0 Å². The first kappa shape index (κ1) is 14.7. The van der Waals surface area contributed by atoms with Crippen LogP contribution in [-0.2, 0) is 9.53 Å². The lowest BCUT2D eigenvalue weighted by molar-refractivity contribution is -0.119. The first-order chi connectivity index (χ1) is 10.2. The lowest BCUT2D eigenvalue weighted by atomic mass is 10.3. The van der Waals surface area contributed by atoms with E-state index in [0.29, 0.717) is 17.5 Å². The number of carbonyl (C=O) groups is 1. The highest BCUT2D eigenvalue weighted by Gasteiger charge is 2.03. The summed E-state index contributed by atoms with van der Waals surface area (Å²) in [7, 11) is 3.02. The Labute approximate surface area is 122 Å². The molecule has 0 atom stereocenters. The Bertz CT molecular complexity index is 601. The Morgan fingerprint density at radius 1 is 1.14 bits per heavy atom. The maximum atomic E-state index is 11.4. The predicted octanol–water partition coefficient (Wildman–Crippen LogP) is 1.81. The summed E-state index contributed by atoms with van der Waals surface area (Å²) in [5.41, 5.74) is 1.49. The number of nitrogens with one attached hydrogen (secondary N) is 2. The molecule has 21 heavy (non-hydrogen) atoms. The summed E-state index contributed by atoms with van der Waals surface area (Å²) in [5.74, 6) is 0.718. The van der Waals surface area contributed by atoms with E-state index in [0.717, 1.165) is 5.69 Å². The van der Waals surface area contributed by atoms with E-state index in [9.17, 15) is 4.79 Å². The molecule has 0 saturated heterocycles. The zero-order chi connectivity index (χ0) is 15.1. The molecule has 0 aliphatic carbocycles. The monoisotopic (exact) mass is 288 g/mol. The Morgan fingerprint density at radius 3 is 2.52 bits per heavy atom. The van der Waals surface area contributed by atoms with Crippen molar-refractivity contribution in [1.82, 2.24) is 9.97 Å². The van der Waals surface area contributed by atoms with Gasteiger partial charge in [0.1, 0.15) is 6.61 Å². The van der Waals surface area contributed by atoms with Crippen molar-refractivity contribution in [1.29, 1.82) is 0 Å². The van der Waals surface area contributed by atoms with E-state index in [2.05, 4.69) is 20.6 Å². The third kappa shape index (κ3) is 4.43. The average molecular weight is 288 g/mol. The van der Waals surface area contributed by atoms with E-state index >= 15 is 0 Å². The van der Waals surface area contributed by atoms with Crippen LogP contribution in [0.3, 0.4) is 0 Å². The number of hydrogen-bond acceptors (Lipinski definition) is 6. The standard InChI is InChI=1S/C14H16N4O3/c1-20-9-12(19)16-10-3-5-11(6-4-10)17-14-15-8-7-13(18-14)21-2/h3-8H,9H2,1-2H3,(H,16,19)(H,15,17,18). The molecule has 2 N–H and O–H groups in total. The molecule has 7 heteroatoms. The van der Waals surface area contributed by atoms with Crippen LogP contribution in [0.15, 0.2) is 36.5 Å². The molecular weight excluding hydrogens is 272 g/mol. The molecule has 1 aromatic carbocycles. The highest BCUT2D eigenvalue weighted by molar-refractivity contribution is 5.91. The van der Waals surface area contributed by atoms with Crippen molar-refractivity contribution in [3.8, 4) is 5.88 Å². The van der Waals surface area contributed by atoms with Crippen LogP contribution >= 0.6 is 0 Å². The summed E-state index contributed by atoms with van der Waals surface area (Å²) < 4.78 is 9.78. The maximum absolute atomic E-state index is 11.4. The van der Waals surface area contributed by atoms with Gasteiger partial charge in [0.2, 0.25) is 17.7 Å². The third-order valence-corrected chi connectivity index (χ3v) is 2.54. The van der Waals surface area contributed by atoms with Gasteiger partial charge in [0.05, 0.1) is 7.11 Å². The lowest BCUT2D eigenvalue weighted by Gasteiger charge is -2.08. The second-order valence-electron chi connectivity index (χ2n) is 4.11. The molecule has 2 aromatic rings. The molecule has 7 nitrogen and oxygen atoms in total. The fourth-order valence-electron chi connectivity index (χ4n) is 1.61. The summed E-state index contributed by atoms with van der Waals surface area (Å²) in [6.07, 6.45) is 1.60. The minimum atomic E-state index is -0.200. The Kier molecular flexibility index (Phi) is 5.05. The number of hydrogen-bond donors (Lipinski definition) is 2. The van der Waals surface area contributed by atoms with E-state index < -0.39 is 0 Å². The van der Waals surface area contributed by atoms with E-state index in [-0.39, 0.29) is 12.5 Å². The molecule has 1 aromatic heterocycles. The molecular formula is C14H16N4O3. The van der Waals surface area contributed by atoms with Gasteiger partial charge in [0.15, 0.2) is 0 Å². The highest BCUT2D eigenvalue weighted by atomic mass is 16.5. The van der Waals surface area contributed by atoms with Crippen LogP contribution < -0.4 is 15.4 Å². The smallest absolute Gasteiger partial charge is 0.250 e. The summed E-state index contributed by atoms with van der Waals surface area (Å²) in [5, 5.41) is 5.75. The summed E-state index contributed by atoms with van der Waals surface area (Å²) in [6.45, 7) is 0.0254. The lowest BCUT2D eigenvalue weighted by Crippen LogP contribution is -2.16. The topological polar surface area (TPSA) is 85.4 Å². The molecule has 0 bridgehead atoms. The van der Waals surface area contributed by atoms with Crippen LogP contribution in [0.5, 0.6) is 5.88 Å². The van der Waals surface area contributed by atoms with Gasteiger partial charge in [0, 0.05) is 30.7 Å². The summed E-state index contributed by atoms with van der Waals surface area (Å²) >= 11 is 0. The van der Waals surface area contributed by atoms with Crippen LogP contribution in [-0.4, -0.2) is 36.7 Å². The van der Waals surface area contributed by atoms with Crippen LogP contribution in [0, 0.1) is 0 Å². The van der Waals surface area contributed by atoms with Crippen LogP contribution in [0.25, 0.3) is 0 Å². The molecule has 1 heterocycles. The molecule has 0 fully saturated rings. The van der Waals surface area contributed by atoms with Gasteiger partial charge in [-0.25, -0.2) is 4.98 Å².